The van der Waals surface area contributed by atoms with Crippen LogP contribution in [-0.4, -0.2) is 63.4 Å². The fourth-order valence-electron chi connectivity index (χ4n) is 3.13. The Kier molecular flexibility index (Phi) is 6.36. The molecule has 1 aliphatic heterocycles. The SMILES string of the molecule is CC(C)(C)OC(=O)N1CCN(c2nc(-c3ccnc(F)c3)[nH]c(=O)c2Cl)C(C(F)(F)F)C1. The molecule has 1 unspecified atom stereocenters. The zero-order valence-electron chi connectivity index (χ0n) is 17.3. The summed E-state index contributed by atoms with van der Waals surface area (Å²) < 4.78 is 60.4. The fraction of sp³-hybridized carbons (Fsp3) is 0.474. The van der Waals surface area contributed by atoms with Crippen LogP contribution >= 0.6 is 11.6 Å². The summed E-state index contributed by atoms with van der Waals surface area (Å²) in [5, 5.41) is -0.553. The molecule has 3 heterocycles. The first-order chi connectivity index (χ1) is 14.8. The van der Waals surface area contributed by atoms with E-state index in [1.165, 1.54) is 6.07 Å². The summed E-state index contributed by atoms with van der Waals surface area (Å²) in [6.45, 7) is 3.63. The quantitative estimate of drug-likeness (QED) is 0.525. The predicted octanol–water partition coefficient (Wildman–Crippen LogP) is 3.61. The lowest BCUT2D eigenvalue weighted by Gasteiger charge is -2.42. The molecular formula is C19H20ClF4N5O3. The van der Waals surface area contributed by atoms with Gasteiger partial charge in [-0.2, -0.15) is 17.6 Å². The van der Waals surface area contributed by atoms with Crippen LogP contribution in [0.25, 0.3) is 11.4 Å². The van der Waals surface area contributed by atoms with Crippen molar-refractivity contribution in [3.8, 4) is 11.4 Å². The molecule has 13 heteroatoms. The van der Waals surface area contributed by atoms with E-state index in [1.54, 1.807) is 20.8 Å². The summed E-state index contributed by atoms with van der Waals surface area (Å²) in [6, 6.07) is 0.107. The number of nitrogens with zero attached hydrogens (tertiary/aromatic N) is 4. The number of alkyl halides is 3. The Morgan fingerprint density at radius 2 is 1.97 bits per heavy atom. The molecule has 2 aromatic heterocycles. The minimum atomic E-state index is -4.78. The second-order valence-corrected chi connectivity index (χ2v) is 8.47. The number of nitrogens with one attached hydrogen (secondary N) is 1. The lowest BCUT2D eigenvalue weighted by molar-refractivity contribution is -0.155. The summed E-state index contributed by atoms with van der Waals surface area (Å²) in [6.07, 6.45) is -4.54. The van der Waals surface area contributed by atoms with Crippen molar-refractivity contribution in [1.29, 1.82) is 0 Å². The van der Waals surface area contributed by atoms with Crippen molar-refractivity contribution in [2.75, 3.05) is 24.5 Å². The van der Waals surface area contributed by atoms with Crippen LogP contribution in [0, 0.1) is 5.95 Å². The molecule has 174 valence electrons. The number of amides is 1. The summed E-state index contributed by atoms with van der Waals surface area (Å²) in [7, 11) is 0. The van der Waals surface area contributed by atoms with Crippen molar-refractivity contribution in [2.24, 2.45) is 0 Å². The number of pyridine rings is 1. The standard InChI is InChI=1S/C19H20ClF4N5O3/c1-18(2,3)32-17(31)28-6-7-29(11(9-28)19(22,23)24)15-13(20)16(30)27-14(26-15)10-4-5-25-12(21)8-10/h4-5,8,11H,6-7,9H2,1-3H3,(H,26,27,30). The highest BCUT2D eigenvalue weighted by atomic mass is 35.5. The topological polar surface area (TPSA) is 91.4 Å². The van der Waals surface area contributed by atoms with E-state index < -0.39 is 52.8 Å². The van der Waals surface area contributed by atoms with E-state index in [4.69, 9.17) is 16.3 Å². The lowest BCUT2D eigenvalue weighted by atomic mass is 10.1. The zero-order chi connectivity index (χ0) is 23.8. The van der Waals surface area contributed by atoms with Gasteiger partial charge in [-0.15, -0.1) is 0 Å². The van der Waals surface area contributed by atoms with Crippen LogP contribution in [0.2, 0.25) is 5.02 Å². The van der Waals surface area contributed by atoms with Gasteiger partial charge in [0.2, 0.25) is 5.95 Å². The van der Waals surface area contributed by atoms with Crippen LogP contribution in [-0.2, 0) is 4.74 Å². The largest absolute Gasteiger partial charge is 0.444 e. The van der Waals surface area contributed by atoms with Gasteiger partial charge < -0.3 is 19.5 Å². The Labute approximate surface area is 185 Å². The second kappa shape index (κ2) is 8.57. The molecule has 0 spiro atoms. The van der Waals surface area contributed by atoms with Gasteiger partial charge in [0.1, 0.15) is 22.5 Å². The molecule has 32 heavy (non-hydrogen) atoms. The molecule has 2 aromatic rings. The van der Waals surface area contributed by atoms with Gasteiger partial charge in [-0.05, 0) is 26.8 Å². The van der Waals surface area contributed by atoms with Gasteiger partial charge in [0.05, 0.1) is 6.54 Å². The van der Waals surface area contributed by atoms with E-state index >= 15 is 0 Å². The highest BCUT2D eigenvalue weighted by Crippen LogP contribution is 2.34. The monoisotopic (exact) mass is 477 g/mol. The van der Waals surface area contributed by atoms with Gasteiger partial charge in [-0.3, -0.25) is 4.79 Å². The zero-order valence-corrected chi connectivity index (χ0v) is 18.1. The average molecular weight is 478 g/mol. The van der Waals surface area contributed by atoms with Crippen LogP contribution in [0.5, 0.6) is 0 Å². The molecule has 1 N–H and O–H groups in total. The number of carbonyl (C=O) groups is 1. The van der Waals surface area contributed by atoms with Gasteiger partial charge in [-0.25, -0.2) is 14.8 Å². The summed E-state index contributed by atoms with van der Waals surface area (Å²) in [5.41, 5.74) is -1.67. The fourth-order valence-corrected chi connectivity index (χ4v) is 3.33. The van der Waals surface area contributed by atoms with Crippen molar-refractivity contribution in [3.05, 3.63) is 39.7 Å². The maximum atomic E-state index is 13.9. The number of carbonyl (C=O) groups excluding carboxylic acids is 1. The predicted molar refractivity (Wildman–Crippen MR) is 108 cm³/mol. The molecule has 1 amide bonds. The lowest BCUT2D eigenvalue weighted by Crippen LogP contribution is -2.61. The smallest absolute Gasteiger partial charge is 0.410 e. The minimum absolute atomic E-state index is 0.100. The van der Waals surface area contributed by atoms with Gasteiger partial charge in [0, 0.05) is 30.9 Å². The van der Waals surface area contributed by atoms with E-state index in [1.807, 2.05) is 0 Å². The van der Waals surface area contributed by atoms with E-state index in [2.05, 4.69) is 15.0 Å². The Hall–Kier alpha value is -2.89. The molecule has 0 aliphatic carbocycles. The first kappa shape index (κ1) is 23.8. The number of rotatable bonds is 2. The highest BCUT2D eigenvalue weighted by Gasteiger charge is 2.49. The van der Waals surface area contributed by atoms with Gasteiger partial charge in [0.25, 0.3) is 5.56 Å². The van der Waals surface area contributed by atoms with Crippen molar-refractivity contribution in [1.82, 2.24) is 19.9 Å². The molecule has 0 saturated carbocycles. The Bertz CT molecular complexity index is 1070. The first-order valence-electron chi connectivity index (χ1n) is 9.49. The van der Waals surface area contributed by atoms with Crippen molar-refractivity contribution in [3.63, 3.8) is 0 Å². The number of hydrogen-bond acceptors (Lipinski definition) is 6. The van der Waals surface area contributed by atoms with Crippen LogP contribution in [0.4, 0.5) is 28.2 Å². The van der Waals surface area contributed by atoms with Gasteiger partial charge >= 0.3 is 12.3 Å². The summed E-state index contributed by atoms with van der Waals surface area (Å²) in [5.74, 6) is -1.46. The van der Waals surface area contributed by atoms with Gasteiger partial charge in [-0.1, -0.05) is 11.6 Å². The molecule has 0 aromatic carbocycles. The number of piperazine rings is 1. The maximum absolute atomic E-state index is 13.9. The first-order valence-corrected chi connectivity index (χ1v) is 9.87. The number of aromatic amines is 1. The van der Waals surface area contributed by atoms with Crippen LogP contribution in [0.1, 0.15) is 20.8 Å². The number of hydrogen-bond donors (Lipinski definition) is 1. The van der Waals surface area contributed by atoms with Crippen LogP contribution in [0.3, 0.4) is 0 Å². The average Bonchev–Trinajstić information content (AvgIpc) is 2.67. The van der Waals surface area contributed by atoms with E-state index in [0.717, 1.165) is 22.1 Å². The minimum Gasteiger partial charge on any atom is -0.444 e. The number of H-pyrrole nitrogens is 1. The normalized spacial score (nSPS) is 17.4. The Morgan fingerprint density at radius 1 is 1.28 bits per heavy atom. The third-order valence-corrected chi connectivity index (χ3v) is 4.87. The van der Waals surface area contributed by atoms with E-state index in [-0.39, 0.29) is 24.5 Å². The third-order valence-electron chi connectivity index (χ3n) is 4.53. The second-order valence-electron chi connectivity index (χ2n) is 8.10. The van der Waals surface area contributed by atoms with Crippen LogP contribution < -0.4 is 10.5 Å². The molecule has 0 bridgehead atoms. The summed E-state index contributed by atoms with van der Waals surface area (Å²) in [4.78, 5) is 36.2. The van der Waals surface area contributed by atoms with Crippen molar-refractivity contribution >= 4 is 23.5 Å². The van der Waals surface area contributed by atoms with Crippen LogP contribution in [0.15, 0.2) is 23.1 Å². The number of ether oxygens (including phenoxy) is 1. The number of aromatic nitrogens is 3. The summed E-state index contributed by atoms with van der Waals surface area (Å²) >= 11 is 6.01. The molecular weight excluding hydrogens is 458 g/mol. The third kappa shape index (κ3) is 5.29. The molecule has 3 rings (SSSR count). The van der Waals surface area contributed by atoms with Crippen molar-refractivity contribution in [2.45, 2.75) is 38.6 Å². The van der Waals surface area contributed by atoms with Gasteiger partial charge in [0.15, 0.2) is 5.82 Å². The number of anilines is 1. The van der Waals surface area contributed by atoms with E-state index in [0.29, 0.717) is 0 Å². The molecule has 1 fully saturated rings. The highest BCUT2D eigenvalue weighted by molar-refractivity contribution is 6.32. The van der Waals surface area contributed by atoms with Crippen molar-refractivity contribution < 1.29 is 27.1 Å². The Morgan fingerprint density at radius 3 is 2.56 bits per heavy atom. The molecule has 0 radical (unpaired) electrons. The molecule has 8 nitrogen and oxygen atoms in total. The Balaban J connectivity index is 1.99. The maximum Gasteiger partial charge on any atom is 0.410 e. The van der Waals surface area contributed by atoms with E-state index in [9.17, 15) is 27.2 Å². The molecule has 1 aliphatic rings. The molecule has 1 saturated heterocycles. The number of halogens is 5. The molecule has 1 atom stereocenters.